The fourth-order valence-electron chi connectivity index (χ4n) is 1.32. The Labute approximate surface area is 106 Å². The largest absolute Gasteiger partial charge is 0.240 e. The van der Waals surface area contributed by atoms with E-state index in [1.54, 1.807) is 0 Å². The Balaban J connectivity index is 2.58. The molecule has 0 radical (unpaired) electrons. The molecule has 1 aromatic carbocycles. The van der Waals surface area contributed by atoms with E-state index in [1.165, 1.54) is 16.9 Å². The Hall–Kier alpha value is -0.380. The maximum Gasteiger partial charge on any atom is 0.125 e. The predicted octanol–water partition coefficient (Wildman–Crippen LogP) is 4.84. The zero-order chi connectivity index (χ0) is 11.0. The van der Waals surface area contributed by atoms with Crippen LogP contribution in [0.15, 0.2) is 22.7 Å². The molecule has 0 spiro atoms. The molecule has 1 heterocycles. The van der Waals surface area contributed by atoms with Crippen LogP contribution in [0.5, 0.6) is 0 Å². The Morgan fingerprint density at radius 1 is 1.33 bits per heavy atom. The molecule has 1 nitrogen and oxygen atoms in total. The van der Waals surface area contributed by atoms with Crippen LogP contribution < -0.4 is 0 Å². The highest BCUT2D eigenvalue weighted by molar-refractivity contribution is 9.10. The van der Waals surface area contributed by atoms with Crippen LogP contribution in [0.1, 0.15) is 11.3 Å². The van der Waals surface area contributed by atoms with Crippen LogP contribution in [0.3, 0.4) is 0 Å². The highest BCUT2D eigenvalue weighted by Crippen LogP contribution is 2.34. The third-order valence-electron chi connectivity index (χ3n) is 2.17. The monoisotopic (exact) mass is 301 g/mol. The minimum atomic E-state index is 0.768. The van der Waals surface area contributed by atoms with Crippen molar-refractivity contribution in [1.82, 2.24) is 4.98 Å². The number of aryl methyl sites for hydroxylation is 2. The van der Waals surface area contributed by atoms with Crippen molar-refractivity contribution in [3.8, 4) is 10.6 Å². The van der Waals surface area contributed by atoms with Gasteiger partial charge in [0.25, 0.3) is 0 Å². The van der Waals surface area contributed by atoms with Crippen molar-refractivity contribution < 1.29 is 0 Å². The van der Waals surface area contributed by atoms with Crippen molar-refractivity contribution in [2.45, 2.75) is 13.8 Å². The molecule has 15 heavy (non-hydrogen) atoms. The van der Waals surface area contributed by atoms with Crippen molar-refractivity contribution in [2.24, 2.45) is 0 Å². The highest BCUT2D eigenvalue weighted by Gasteiger charge is 2.09. The van der Waals surface area contributed by atoms with E-state index in [9.17, 15) is 0 Å². The number of hydrogen-bond donors (Lipinski definition) is 0. The van der Waals surface area contributed by atoms with Crippen molar-refractivity contribution in [3.05, 3.63) is 38.3 Å². The number of rotatable bonds is 1. The van der Waals surface area contributed by atoms with Crippen molar-refractivity contribution in [2.75, 3.05) is 0 Å². The first-order valence-electron chi connectivity index (χ1n) is 4.47. The minimum Gasteiger partial charge on any atom is -0.240 e. The first-order chi connectivity index (χ1) is 7.08. The van der Waals surface area contributed by atoms with Crippen LogP contribution in [-0.4, -0.2) is 4.98 Å². The first-order valence-corrected chi connectivity index (χ1v) is 6.46. The molecule has 0 N–H and O–H groups in total. The summed E-state index contributed by atoms with van der Waals surface area (Å²) in [5, 5.41) is 0.983. The molecule has 0 saturated heterocycles. The molecule has 1 aromatic heterocycles. The number of thiazole rings is 1. The second-order valence-corrected chi connectivity index (χ2v) is 5.85. The van der Waals surface area contributed by atoms with Gasteiger partial charge in [-0.15, -0.1) is 11.3 Å². The topological polar surface area (TPSA) is 12.9 Å². The van der Waals surface area contributed by atoms with Crippen LogP contribution in [0.2, 0.25) is 4.34 Å². The SMILES string of the molecule is Cc1ccc(Br)cc1-c1nc(C)c(Cl)s1. The molecule has 0 amide bonds. The van der Waals surface area contributed by atoms with E-state index in [-0.39, 0.29) is 0 Å². The van der Waals surface area contributed by atoms with Gasteiger partial charge in [-0.2, -0.15) is 0 Å². The lowest BCUT2D eigenvalue weighted by Gasteiger charge is -2.02. The summed E-state index contributed by atoms with van der Waals surface area (Å²) in [6.07, 6.45) is 0. The Morgan fingerprint density at radius 2 is 2.07 bits per heavy atom. The van der Waals surface area contributed by atoms with Gasteiger partial charge in [0.15, 0.2) is 0 Å². The fraction of sp³-hybridized carbons (Fsp3) is 0.182. The van der Waals surface area contributed by atoms with Gasteiger partial charge in [-0.05, 0) is 31.5 Å². The number of hydrogen-bond acceptors (Lipinski definition) is 2. The van der Waals surface area contributed by atoms with Crippen LogP contribution in [-0.2, 0) is 0 Å². The highest BCUT2D eigenvalue weighted by atomic mass is 79.9. The molecule has 2 aromatic rings. The average molecular weight is 303 g/mol. The Morgan fingerprint density at radius 3 is 2.67 bits per heavy atom. The molecule has 0 fully saturated rings. The predicted molar refractivity (Wildman–Crippen MR) is 69.7 cm³/mol. The second-order valence-electron chi connectivity index (χ2n) is 3.34. The van der Waals surface area contributed by atoms with E-state index >= 15 is 0 Å². The smallest absolute Gasteiger partial charge is 0.125 e. The molecule has 0 aliphatic heterocycles. The average Bonchev–Trinajstić information content (AvgIpc) is 2.51. The van der Waals surface area contributed by atoms with Crippen LogP contribution in [0.4, 0.5) is 0 Å². The van der Waals surface area contributed by atoms with Gasteiger partial charge in [-0.3, -0.25) is 0 Å². The number of nitrogens with zero attached hydrogens (tertiary/aromatic N) is 1. The van der Waals surface area contributed by atoms with Gasteiger partial charge in [0.1, 0.15) is 9.34 Å². The summed E-state index contributed by atoms with van der Waals surface area (Å²) in [6.45, 7) is 4.00. The van der Waals surface area contributed by atoms with Crippen molar-refractivity contribution in [1.29, 1.82) is 0 Å². The lowest BCUT2D eigenvalue weighted by atomic mass is 10.1. The molecule has 0 saturated carbocycles. The van der Waals surface area contributed by atoms with Gasteiger partial charge >= 0.3 is 0 Å². The van der Waals surface area contributed by atoms with Crippen LogP contribution >= 0.6 is 38.9 Å². The molecular weight excluding hydrogens is 294 g/mol. The standard InChI is InChI=1S/C11H9BrClNS/c1-6-3-4-8(12)5-9(6)11-14-7(2)10(13)15-11/h3-5H,1-2H3. The zero-order valence-corrected chi connectivity index (χ0v) is 11.5. The van der Waals surface area contributed by atoms with Crippen molar-refractivity contribution >= 4 is 38.9 Å². The molecule has 2 rings (SSSR count). The molecule has 78 valence electrons. The fourth-order valence-corrected chi connectivity index (χ4v) is 2.82. The quantitative estimate of drug-likeness (QED) is 0.734. The van der Waals surface area contributed by atoms with E-state index < -0.39 is 0 Å². The van der Waals surface area contributed by atoms with Gasteiger partial charge in [-0.1, -0.05) is 33.6 Å². The van der Waals surface area contributed by atoms with E-state index in [4.69, 9.17) is 11.6 Å². The summed E-state index contributed by atoms with van der Waals surface area (Å²) in [4.78, 5) is 4.45. The van der Waals surface area contributed by atoms with E-state index in [2.05, 4.69) is 40.0 Å². The molecule has 0 aliphatic carbocycles. The van der Waals surface area contributed by atoms with E-state index in [0.717, 1.165) is 25.1 Å². The molecule has 4 heteroatoms. The molecule has 0 aliphatic rings. The van der Waals surface area contributed by atoms with Gasteiger partial charge in [-0.25, -0.2) is 4.98 Å². The third-order valence-corrected chi connectivity index (χ3v) is 4.15. The number of benzene rings is 1. The van der Waals surface area contributed by atoms with E-state index in [1.807, 2.05) is 13.0 Å². The van der Waals surface area contributed by atoms with Gasteiger partial charge in [0.2, 0.25) is 0 Å². The summed E-state index contributed by atoms with van der Waals surface area (Å²) in [7, 11) is 0. The summed E-state index contributed by atoms with van der Waals surface area (Å²) < 4.78 is 1.83. The van der Waals surface area contributed by atoms with Gasteiger partial charge < -0.3 is 0 Å². The maximum absolute atomic E-state index is 6.02. The molecule has 0 unspecified atom stereocenters. The molecular formula is C11H9BrClNS. The lowest BCUT2D eigenvalue weighted by Crippen LogP contribution is -1.82. The number of aromatic nitrogens is 1. The summed E-state index contributed by atoms with van der Waals surface area (Å²) >= 11 is 11.0. The van der Waals surface area contributed by atoms with Gasteiger partial charge in [0, 0.05) is 10.0 Å². The van der Waals surface area contributed by atoms with Crippen molar-refractivity contribution in [3.63, 3.8) is 0 Å². The molecule has 0 bridgehead atoms. The van der Waals surface area contributed by atoms with Crippen LogP contribution in [0.25, 0.3) is 10.6 Å². The summed E-state index contributed by atoms with van der Waals surface area (Å²) in [5.41, 5.74) is 3.25. The number of halogens is 2. The second kappa shape index (κ2) is 4.24. The zero-order valence-electron chi connectivity index (χ0n) is 8.34. The molecule has 0 atom stereocenters. The maximum atomic E-state index is 6.02. The Bertz CT molecular complexity index is 488. The van der Waals surface area contributed by atoms with E-state index in [0.29, 0.717) is 0 Å². The first kappa shape index (κ1) is 11.1. The van der Waals surface area contributed by atoms with Gasteiger partial charge in [0.05, 0.1) is 5.69 Å². The minimum absolute atomic E-state index is 0.768. The normalized spacial score (nSPS) is 10.7. The van der Waals surface area contributed by atoms with Crippen LogP contribution in [0, 0.1) is 13.8 Å². The summed E-state index contributed by atoms with van der Waals surface area (Å²) in [5.74, 6) is 0. The lowest BCUT2D eigenvalue weighted by molar-refractivity contribution is 1.26. The third kappa shape index (κ3) is 2.25. The summed E-state index contributed by atoms with van der Waals surface area (Å²) in [6, 6.07) is 6.18. The Kier molecular flexibility index (Phi) is 3.14.